The van der Waals surface area contributed by atoms with E-state index in [2.05, 4.69) is 45.1 Å². The first-order valence-corrected chi connectivity index (χ1v) is 21.7. The van der Waals surface area contributed by atoms with E-state index in [0.717, 1.165) is 38.5 Å². The summed E-state index contributed by atoms with van der Waals surface area (Å²) < 4.78 is 11.3. The van der Waals surface area contributed by atoms with Crippen LogP contribution in [-0.2, 0) is 19.1 Å². The molecule has 0 spiro atoms. The lowest BCUT2D eigenvalue weighted by Crippen LogP contribution is -2.21. The number of esters is 2. The molecular weight excluding hydrogens is 604 g/mol. The van der Waals surface area contributed by atoms with E-state index in [1.807, 2.05) is 0 Å². The van der Waals surface area contributed by atoms with Crippen LogP contribution in [0.1, 0.15) is 233 Å². The first-order chi connectivity index (χ1) is 24.1. The largest absolute Gasteiger partial charge is 0.465 e. The maximum Gasteiger partial charge on any atom is 0.305 e. The van der Waals surface area contributed by atoms with Gasteiger partial charge in [-0.25, -0.2) is 0 Å². The minimum absolute atomic E-state index is 0.101. The minimum atomic E-state index is -0.101. The van der Waals surface area contributed by atoms with Gasteiger partial charge in [0.25, 0.3) is 0 Å². The Hall–Kier alpha value is -1.58. The molecule has 0 aromatic carbocycles. The summed E-state index contributed by atoms with van der Waals surface area (Å²) in [5, 5.41) is 0. The van der Waals surface area contributed by atoms with Gasteiger partial charge in [0.2, 0.25) is 0 Å². The van der Waals surface area contributed by atoms with Crippen molar-refractivity contribution in [1.29, 1.82) is 0 Å². The summed E-state index contributed by atoms with van der Waals surface area (Å²) >= 11 is 0. The van der Waals surface area contributed by atoms with E-state index in [4.69, 9.17) is 9.47 Å². The Bertz CT molecular complexity index is 686. The quantitative estimate of drug-likeness (QED) is 0.0366. The Balaban J connectivity index is 3.90. The van der Waals surface area contributed by atoms with Gasteiger partial charge in [0, 0.05) is 18.8 Å². The highest BCUT2D eigenvalue weighted by molar-refractivity contribution is 5.69. The number of allylic oxidation sites excluding steroid dienone is 4. The van der Waals surface area contributed by atoms with E-state index in [0.29, 0.717) is 26.1 Å². The van der Waals surface area contributed by atoms with Crippen molar-refractivity contribution in [3.8, 4) is 0 Å². The third-order valence-corrected chi connectivity index (χ3v) is 9.71. The number of carbonyl (C=O) groups is 2. The Kier molecular flexibility index (Phi) is 39.5. The Labute approximate surface area is 306 Å². The molecule has 0 bridgehead atoms. The fourth-order valence-electron chi connectivity index (χ4n) is 6.32. The zero-order valence-corrected chi connectivity index (χ0v) is 33.3. The highest BCUT2D eigenvalue weighted by Gasteiger charge is 2.15. The molecule has 0 saturated carbocycles. The van der Waals surface area contributed by atoms with Crippen LogP contribution in [-0.4, -0.2) is 25.2 Å². The fourth-order valence-corrected chi connectivity index (χ4v) is 6.32. The van der Waals surface area contributed by atoms with Crippen molar-refractivity contribution in [2.75, 3.05) is 13.2 Å². The van der Waals surface area contributed by atoms with E-state index in [1.54, 1.807) is 0 Å². The molecule has 0 aromatic rings. The summed E-state index contributed by atoms with van der Waals surface area (Å²) in [5.41, 5.74) is 0. The van der Waals surface area contributed by atoms with Gasteiger partial charge in [-0.15, -0.1) is 0 Å². The molecule has 0 unspecified atom stereocenters. The van der Waals surface area contributed by atoms with Gasteiger partial charge in [-0.05, 0) is 70.6 Å². The van der Waals surface area contributed by atoms with Crippen molar-refractivity contribution in [3.63, 3.8) is 0 Å². The molecule has 0 aliphatic carbocycles. The molecule has 0 amide bonds. The van der Waals surface area contributed by atoms with Crippen LogP contribution in [0.2, 0.25) is 0 Å². The van der Waals surface area contributed by atoms with Crippen LogP contribution in [0.4, 0.5) is 0 Å². The average Bonchev–Trinajstić information content (AvgIpc) is 3.10. The molecule has 49 heavy (non-hydrogen) atoms. The smallest absolute Gasteiger partial charge is 0.305 e. The molecule has 0 aliphatic heterocycles. The monoisotopic (exact) mass is 689 g/mol. The van der Waals surface area contributed by atoms with Gasteiger partial charge in [-0.2, -0.15) is 0 Å². The van der Waals surface area contributed by atoms with Gasteiger partial charge < -0.3 is 9.47 Å². The van der Waals surface area contributed by atoms with Gasteiger partial charge in [0.05, 0.1) is 13.2 Å². The van der Waals surface area contributed by atoms with Crippen molar-refractivity contribution in [2.24, 2.45) is 5.92 Å². The fraction of sp³-hybridized carbons (Fsp3) is 0.867. The molecule has 0 fully saturated rings. The van der Waals surface area contributed by atoms with Crippen LogP contribution in [0.25, 0.3) is 0 Å². The van der Waals surface area contributed by atoms with Crippen molar-refractivity contribution in [2.45, 2.75) is 233 Å². The normalized spacial score (nSPS) is 11.8. The van der Waals surface area contributed by atoms with Crippen molar-refractivity contribution < 1.29 is 19.1 Å². The van der Waals surface area contributed by atoms with Crippen molar-refractivity contribution >= 4 is 11.9 Å². The topological polar surface area (TPSA) is 52.6 Å². The molecule has 0 radical (unpaired) electrons. The SMILES string of the molecule is CCCCCCCC/C=C\CCCCCCCC(=O)OCC(CCCCCC)COC(=O)CCCCCCC/C=C\CCCCCCCC. The lowest BCUT2D eigenvalue weighted by atomic mass is 10.0. The van der Waals surface area contributed by atoms with Gasteiger partial charge in [0.1, 0.15) is 0 Å². The van der Waals surface area contributed by atoms with Crippen LogP contribution in [0, 0.1) is 5.92 Å². The van der Waals surface area contributed by atoms with Gasteiger partial charge in [-0.1, -0.05) is 173 Å². The summed E-state index contributed by atoms with van der Waals surface area (Å²) in [6.45, 7) is 7.50. The Morgan fingerprint density at radius 3 is 1.02 bits per heavy atom. The summed E-state index contributed by atoms with van der Waals surface area (Å²) in [5.74, 6) is -0.0976. The highest BCUT2D eigenvalue weighted by Crippen LogP contribution is 2.16. The lowest BCUT2D eigenvalue weighted by molar-refractivity contribution is -0.149. The zero-order valence-electron chi connectivity index (χ0n) is 33.3. The Morgan fingerprint density at radius 2 is 0.673 bits per heavy atom. The number of hydrogen-bond acceptors (Lipinski definition) is 4. The van der Waals surface area contributed by atoms with Gasteiger partial charge >= 0.3 is 11.9 Å². The second kappa shape index (κ2) is 40.8. The van der Waals surface area contributed by atoms with E-state index in [1.165, 1.54) is 161 Å². The first kappa shape index (κ1) is 47.4. The Morgan fingerprint density at radius 1 is 0.388 bits per heavy atom. The number of carbonyl (C=O) groups excluding carboxylic acids is 2. The second-order valence-corrected chi connectivity index (χ2v) is 14.7. The van der Waals surface area contributed by atoms with E-state index < -0.39 is 0 Å². The standard InChI is InChI=1S/C45H84O4/c1-4-7-10-13-15-17-19-21-23-25-27-29-31-33-36-39-44(46)48-41-43(38-35-12-9-6-3)42-49-45(47)40-37-34-32-30-28-26-24-22-20-18-16-14-11-8-5-2/h21-24,43H,4-20,25-42H2,1-3H3/b23-21-,24-22-. The predicted octanol–water partition coefficient (Wildman–Crippen LogP) is 14.7. The minimum Gasteiger partial charge on any atom is -0.465 e. The molecule has 0 aliphatic rings. The van der Waals surface area contributed by atoms with Gasteiger partial charge in [0.15, 0.2) is 0 Å². The molecule has 288 valence electrons. The molecule has 0 saturated heterocycles. The molecule has 4 heteroatoms. The number of hydrogen-bond donors (Lipinski definition) is 0. The van der Waals surface area contributed by atoms with Crippen molar-refractivity contribution in [3.05, 3.63) is 24.3 Å². The maximum absolute atomic E-state index is 12.4. The second-order valence-electron chi connectivity index (χ2n) is 14.7. The van der Waals surface area contributed by atoms with Gasteiger partial charge in [-0.3, -0.25) is 9.59 Å². The van der Waals surface area contributed by atoms with E-state index >= 15 is 0 Å². The third-order valence-electron chi connectivity index (χ3n) is 9.71. The number of ether oxygens (including phenoxy) is 2. The molecule has 4 nitrogen and oxygen atoms in total. The van der Waals surface area contributed by atoms with Crippen LogP contribution >= 0.6 is 0 Å². The number of unbranched alkanes of at least 4 members (excludes halogenated alkanes) is 25. The molecule has 0 rings (SSSR count). The lowest BCUT2D eigenvalue weighted by Gasteiger charge is -2.17. The van der Waals surface area contributed by atoms with Crippen molar-refractivity contribution in [1.82, 2.24) is 0 Å². The summed E-state index contributed by atoms with van der Waals surface area (Å²) in [4.78, 5) is 24.8. The maximum atomic E-state index is 12.4. The molecular formula is C45H84O4. The molecule has 0 heterocycles. The summed E-state index contributed by atoms with van der Waals surface area (Å²) in [6.07, 6.45) is 48.6. The van der Waals surface area contributed by atoms with Crippen LogP contribution in [0.3, 0.4) is 0 Å². The van der Waals surface area contributed by atoms with Crippen LogP contribution in [0.15, 0.2) is 24.3 Å². The summed E-state index contributed by atoms with van der Waals surface area (Å²) in [7, 11) is 0. The average molecular weight is 689 g/mol. The molecule has 0 N–H and O–H groups in total. The molecule has 0 aromatic heterocycles. The van der Waals surface area contributed by atoms with Crippen LogP contribution < -0.4 is 0 Å². The van der Waals surface area contributed by atoms with Crippen LogP contribution in [0.5, 0.6) is 0 Å². The molecule has 0 atom stereocenters. The predicted molar refractivity (Wildman–Crippen MR) is 213 cm³/mol. The third kappa shape index (κ3) is 39.1. The zero-order chi connectivity index (χ0) is 35.7. The highest BCUT2D eigenvalue weighted by atomic mass is 16.5. The summed E-state index contributed by atoms with van der Waals surface area (Å²) in [6, 6.07) is 0. The first-order valence-electron chi connectivity index (χ1n) is 21.7. The number of rotatable bonds is 39. The van der Waals surface area contributed by atoms with E-state index in [9.17, 15) is 9.59 Å². The van der Waals surface area contributed by atoms with E-state index in [-0.39, 0.29) is 17.9 Å².